The lowest BCUT2D eigenvalue weighted by Crippen LogP contribution is -2.32. The van der Waals surface area contributed by atoms with E-state index in [1.54, 1.807) is 22.9 Å². The average molecular weight is 391 g/mol. The van der Waals surface area contributed by atoms with Gasteiger partial charge in [-0.05, 0) is 36.2 Å². The van der Waals surface area contributed by atoms with Crippen molar-refractivity contribution >= 4 is 16.8 Å². The van der Waals surface area contributed by atoms with Crippen LogP contribution in [0.5, 0.6) is 0 Å². The number of hydrogen-bond acceptors (Lipinski definition) is 3. The van der Waals surface area contributed by atoms with Crippen molar-refractivity contribution < 1.29 is 9.18 Å². The fraction of sp³-hybridized carbons (Fsp3) is 0.182. The van der Waals surface area contributed by atoms with Crippen molar-refractivity contribution in [3.05, 3.63) is 77.9 Å². The van der Waals surface area contributed by atoms with E-state index in [4.69, 9.17) is 5.84 Å². The zero-order valence-electron chi connectivity index (χ0n) is 16.1. The second-order valence-electron chi connectivity index (χ2n) is 6.93. The summed E-state index contributed by atoms with van der Waals surface area (Å²) in [7, 11) is 0. The van der Waals surface area contributed by atoms with Gasteiger partial charge in [0.15, 0.2) is 0 Å². The number of amides is 1. The summed E-state index contributed by atoms with van der Waals surface area (Å²) < 4.78 is 17.0. The molecule has 4 aromatic rings. The maximum absolute atomic E-state index is 13.2. The molecule has 0 saturated carbocycles. The highest BCUT2D eigenvalue weighted by atomic mass is 19.1. The Morgan fingerprint density at radius 2 is 1.93 bits per heavy atom. The van der Waals surface area contributed by atoms with Gasteiger partial charge in [0.25, 0.3) is 5.91 Å². The Bertz CT molecular complexity index is 1160. The molecule has 2 heterocycles. The van der Waals surface area contributed by atoms with E-state index in [0.29, 0.717) is 24.5 Å². The van der Waals surface area contributed by atoms with Gasteiger partial charge in [-0.2, -0.15) is 5.10 Å². The highest BCUT2D eigenvalue weighted by molar-refractivity contribution is 5.98. The van der Waals surface area contributed by atoms with E-state index < -0.39 is 0 Å². The zero-order chi connectivity index (χ0) is 20.4. The van der Waals surface area contributed by atoms with Crippen molar-refractivity contribution in [1.82, 2.24) is 19.8 Å². The molecular formula is C22H22FN5O. The van der Waals surface area contributed by atoms with Crippen LogP contribution in [0.3, 0.4) is 0 Å². The van der Waals surface area contributed by atoms with Crippen LogP contribution in [0.1, 0.15) is 29.4 Å². The van der Waals surface area contributed by atoms with Gasteiger partial charge in [0.2, 0.25) is 0 Å². The number of nitrogens with two attached hydrogens (primary N) is 1. The molecule has 0 fully saturated rings. The zero-order valence-corrected chi connectivity index (χ0v) is 16.1. The molecule has 3 N–H and O–H groups in total. The molecule has 0 spiro atoms. The lowest BCUT2D eigenvalue weighted by Gasteiger charge is -2.05. The molecule has 0 aliphatic carbocycles. The number of para-hydroxylation sites is 1. The van der Waals surface area contributed by atoms with E-state index in [-0.39, 0.29) is 11.7 Å². The number of carbonyl (C=O) groups is 1. The van der Waals surface area contributed by atoms with Crippen LogP contribution >= 0.6 is 0 Å². The fourth-order valence-electron chi connectivity index (χ4n) is 3.56. The number of nitrogen functional groups attached to an aromatic ring is 1. The molecule has 2 aromatic heterocycles. The Labute approximate surface area is 167 Å². The van der Waals surface area contributed by atoms with E-state index in [0.717, 1.165) is 28.5 Å². The third-order valence-corrected chi connectivity index (χ3v) is 4.91. The Morgan fingerprint density at radius 1 is 1.17 bits per heavy atom. The first-order chi connectivity index (χ1) is 14.1. The molecule has 0 aliphatic rings. The number of nitrogens with zero attached hydrogens (tertiary/aromatic N) is 3. The van der Waals surface area contributed by atoms with E-state index in [1.165, 1.54) is 12.1 Å². The van der Waals surface area contributed by atoms with Crippen LogP contribution in [0.15, 0.2) is 60.8 Å². The summed E-state index contributed by atoms with van der Waals surface area (Å²) in [5.41, 5.74) is 6.31. The smallest absolute Gasteiger partial charge is 0.283 e. The molecule has 6 nitrogen and oxygen atoms in total. The predicted molar refractivity (Wildman–Crippen MR) is 111 cm³/mol. The topological polar surface area (TPSA) is 77.9 Å². The molecule has 0 atom stereocenters. The van der Waals surface area contributed by atoms with Gasteiger partial charge in [-0.1, -0.05) is 37.3 Å². The number of carbonyl (C=O) groups excluding carboxylic acids is 1. The number of aromatic nitrogens is 3. The summed E-state index contributed by atoms with van der Waals surface area (Å²) in [6.45, 7) is 3.25. The summed E-state index contributed by atoms with van der Waals surface area (Å²) in [4.78, 5) is 12.2. The minimum atomic E-state index is -0.368. The predicted octanol–water partition coefficient (Wildman–Crippen LogP) is 3.71. The summed E-state index contributed by atoms with van der Waals surface area (Å²) >= 11 is 0. The molecule has 4 rings (SSSR count). The third kappa shape index (κ3) is 3.64. The van der Waals surface area contributed by atoms with Gasteiger partial charge in [0, 0.05) is 35.8 Å². The lowest BCUT2D eigenvalue weighted by atomic mass is 10.1. The van der Waals surface area contributed by atoms with Crippen LogP contribution in [-0.2, 0) is 13.1 Å². The maximum Gasteiger partial charge on any atom is 0.283 e. The maximum atomic E-state index is 13.2. The summed E-state index contributed by atoms with van der Waals surface area (Å²) in [5, 5.41) is 5.70. The summed E-state index contributed by atoms with van der Waals surface area (Å²) in [6.07, 6.45) is 2.87. The van der Waals surface area contributed by atoms with Gasteiger partial charge in [-0.3, -0.25) is 14.9 Å². The average Bonchev–Trinajstić information content (AvgIpc) is 3.31. The number of halogens is 1. The number of benzene rings is 2. The van der Waals surface area contributed by atoms with Gasteiger partial charge in [-0.15, -0.1) is 0 Å². The first-order valence-corrected chi connectivity index (χ1v) is 9.52. The van der Waals surface area contributed by atoms with Crippen molar-refractivity contribution in [3.63, 3.8) is 0 Å². The number of hydrazine groups is 1. The lowest BCUT2D eigenvalue weighted by molar-refractivity contribution is 0.0942. The third-order valence-electron chi connectivity index (χ3n) is 4.91. The van der Waals surface area contributed by atoms with Crippen molar-refractivity contribution in [3.8, 4) is 11.3 Å². The Hall–Kier alpha value is -3.45. The number of fused-ring (bicyclic) bond motifs is 1. The Balaban J connectivity index is 1.80. The monoisotopic (exact) mass is 391 g/mol. The van der Waals surface area contributed by atoms with Crippen molar-refractivity contribution in [2.75, 3.05) is 0 Å². The van der Waals surface area contributed by atoms with Crippen molar-refractivity contribution in [1.29, 1.82) is 0 Å². The molecule has 0 unspecified atom stereocenters. The molecule has 148 valence electrons. The SMILES string of the molecule is CCCn1nc(-c2cn(Cc3ccc(F)cc3)c3ccccc23)cc1C(=O)NN. The highest BCUT2D eigenvalue weighted by Gasteiger charge is 2.18. The van der Waals surface area contributed by atoms with Crippen LogP contribution in [0.25, 0.3) is 22.2 Å². The largest absolute Gasteiger partial charge is 0.342 e. The standard InChI is InChI=1S/C22H22FN5O/c1-2-11-28-21(22(29)25-24)12-19(26-28)18-14-27(20-6-4-3-5-17(18)20)13-15-7-9-16(23)10-8-15/h3-10,12,14H,2,11,13,24H2,1H3,(H,25,29). The molecule has 0 bridgehead atoms. The molecule has 29 heavy (non-hydrogen) atoms. The first kappa shape index (κ1) is 18.9. The van der Waals surface area contributed by atoms with Gasteiger partial charge in [0.05, 0.1) is 5.69 Å². The molecular weight excluding hydrogens is 369 g/mol. The molecule has 0 saturated heterocycles. The van der Waals surface area contributed by atoms with E-state index in [1.807, 2.05) is 37.4 Å². The Kier molecular flexibility index (Phi) is 5.14. The number of hydrogen-bond donors (Lipinski definition) is 2. The molecule has 0 aliphatic heterocycles. The molecule has 7 heteroatoms. The number of rotatable bonds is 6. The van der Waals surface area contributed by atoms with Crippen LogP contribution in [0.2, 0.25) is 0 Å². The minimum absolute atomic E-state index is 0.251. The van der Waals surface area contributed by atoms with E-state index >= 15 is 0 Å². The molecule has 2 aromatic carbocycles. The second-order valence-corrected chi connectivity index (χ2v) is 6.93. The van der Waals surface area contributed by atoms with Crippen LogP contribution in [-0.4, -0.2) is 20.3 Å². The quantitative estimate of drug-likeness (QED) is 0.299. The van der Waals surface area contributed by atoms with Crippen LogP contribution in [0.4, 0.5) is 4.39 Å². The van der Waals surface area contributed by atoms with Gasteiger partial charge in [-0.25, -0.2) is 10.2 Å². The number of nitrogens with one attached hydrogen (secondary N) is 1. The summed E-state index contributed by atoms with van der Waals surface area (Å²) in [5.74, 6) is 4.72. The van der Waals surface area contributed by atoms with Gasteiger partial charge in [0.1, 0.15) is 11.5 Å². The Morgan fingerprint density at radius 3 is 2.66 bits per heavy atom. The summed E-state index contributed by atoms with van der Waals surface area (Å²) in [6, 6.07) is 16.3. The molecule has 0 radical (unpaired) electrons. The number of aryl methyl sites for hydroxylation is 1. The van der Waals surface area contributed by atoms with E-state index in [2.05, 4.69) is 15.1 Å². The van der Waals surface area contributed by atoms with Crippen LogP contribution < -0.4 is 11.3 Å². The van der Waals surface area contributed by atoms with E-state index in [9.17, 15) is 9.18 Å². The molecule has 1 amide bonds. The normalized spacial score (nSPS) is 11.1. The highest BCUT2D eigenvalue weighted by Crippen LogP contribution is 2.31. The fourth-order valence-corrected chi connectivity index (χ4v) is 3.56. The first-order valence-electron chi connectivity index (χ1n) is 9.52. The van der Waals surface area contributed by atoms with Gasteiger partial charge < -0.3 is 4.57 Å². The minimum Gasteiger partial charge on any atom is -0.342 e. The van der Waals surface area contributed by atoms with Crippen molar-refractivity contribution in [2.45, 2.75) is 26.4 Å². The van der Waals surface area contributed by atoms with Gasteiger partial charge >= 0.3 is 0 Å². The second kappa shape index (κ2) is 7.89. The van der Waals surface area contributed by atoms with Crippen molar-refractivity contribution in [2.24, 2.45) is 5.84 Å². The van der Waals surface area contributed by atoms with Crippen LogP contribution in [0, 0.1) is 5.82 Å².